The molecule has 0 bridgehead atoms. The molecule has 0 amide bonds. The minimum Gasteiger partial charge on any atom is -0.456 e. The zero-order valence-corrected chi connectivity index (χ0v) is 11.6. The van der Waals surface area contributed by atoms with Crippen LogP contribution in [0.1, 0.15) is 30.9 Å². The highest BCUT2D eigenvalue weighted by molar-refractivity contribution is 5.88. The topological polar surface area (TPSA) is 13.1 Å². The molecule has 2 aromatic carbocycles. The predicted molar refractivity (Wildman–Crippen MR) is 80.5 cm³/mol. The van der Waals surface area contributed by atoms with Gasteiger partial charge in [-0.05, 0) is 18.9 Å². The van der Waals surface area contributed by atoms with E-state index >= 15 is 0 Å². The third-order valence-electron chi connectivity index (χ3n) is 3.52. The highest BCUT2D eigenvalue weighted by Gasteiger charge is 2.17. The Morgan fingerprint density at radius 2 is 1.58 bits per heavy atom. The van der Waals surface area contributed by atoms with Crippen LogP contribution in [0.2, 0.25) is 0 Å². The number of hydrogen-bond donors (Lipinski definition) is 0. The van der Waals surface area contributed by atoms with Crippen molar-refractivity contribution in [3.63, 3.8) is 0 Å². The average molecular weight is 250 g/mol. The Balaban J connectivity index is 2.28. The molecule has 96 valence electrons. The minimum atomic E-state index is 0.444. The molecule has 0 aliphatic heterocycles. The van der Waals surface area contributed by atoms with Crippen LogP contribution >= 0.6 is 0 Å². The van der Waals surface area contributed by atoms with E-state index in [4.69, 9.17) is 4.42 Å². The van der Waals surface area contributed by atoms with Crippen molar-refractivity contribution in [3.8, 4) is 11.3 Å². The van der Waals surface area contributed by atoms with E-state index in [-0.39, 0.29) is 0 Å². The van der Waals surface area contributed by atoms with E-state index in [1.807, 2.05) is 12.1 Å². The maximum absolute atomic E-state index is 6.09. The second kappa shape index (κ2) is 4.58. The molecule has 0 saturated carbocycles. The molecular formula is C18H18O. The third-order valence-corrected chi connectivity index (χ3v) is 3.52. The lowest BCUT2D eigenvalue weighted by Gasteiger charge is -2.07. The summed E-state index contributed by atoms with van der Waals surface area (Å²) in [6, 6.07) is 16.8. The van der Waals surface area contributed by atoms with Gasteiger partial charge in [-0.1, -0.05) is 61.9 Å². The van der Waals surface area contributed by atoms with Crippen LogP contribution in [-0.2, 0) is 0 Å². The van der Waals surface area contributed by atoms with Gasteiger partial charge in [0.1, 0.15) is 11.3 Å². The molecule has 3 rings (SSSR count). The summed E-state index contributed by atoms with van der Waals surface area (Å²) in [6.07, 6.45) is 0. The molecule has 0 atom stereocenters. The summed E-state index contributed by atoms with van der Waals surface area (Å²) >= 11 is 0. The van der Waals surface area contributed by atoms with Crippen LogP contribution in [0.25, 0.3) is 22.3 Å². The summed E-state index contributed by atoms with van der Waals surface area (Å²) in [5, 5.41) is 1.23. The largest absolute Gasteiger partial charge is 0.456 e. The van der Waals surface area contributed by atoms with E-state index in [1.54, 1.807) is 0 Å². The van der Waals surface area contributed by atoms with Gasteiger partial charge in [0.25, 0.3) is 0 Å². The summed E-state index contributed by atoms with van der Waals surface area (Å²) in [6.45, 7) is 6.54. The quantitative estimate of drug-likeness (QED) is 0.582. The van der Waals surface area contributed by atoms with E-state index in [0.29, 0.717) is 5.92 Å². The Kier molecular flexibility index (Phi) is 2.90. The summed E-state index contributed by atoms with van der Waals surface area (Å²) in [5.74, 6) is 1.45. The number of benzene rings is 2. The number of aryl methyl sites for hydroxylation is 1. The zero-order valence-electron chi connectivity index (χ0n) is 11.6. The van der Waals surface area contributed by atoms with Crippen molar-refractivity contribution in [2.24, 2.45) is 0 Å². The maximum atomic E-state index is 6.09. The molecule has 0 fully saturated rings. The molecule has 3 aromatic rings. The Labute approximate surface area is 113 Å². The Hall–Kier alpha value is -2.02. The fourth-order valence-corrected chi connectivity index (χ4v) is 2.56. The Bertz CT molecular complexity index is 702. The molecule has 1 aromatic heterocycles. The lowest BCUT2D eigenvalue weighted by atomic mass is 9.96. The van der Waals surface area contributed by atoms with Gasteiger partial charge in [-0.2, -0.15) is 0 Å². The van der Waals surface area contributed by atoms with Crippen molar-refractivity contribution in [3.05, 3.63) is 59.7 Å². The lowest BCUT2D eigenvalue weighted by Crippen LogP contribution is -1.88. The van der Waals surface area contributed by atoms with Gasteiger partial charge in [0.15, 0.2) is 0 Å². The molecule has 1 heteroatoms. The van der Waals surface area contributed by atoms with Gasteiger partial charge < -0.3 is 4.42 Å². The van der Waals surface area contributed by atoms with E-state index in [0.717, 1.165) is 16.9 Å². The third kappa shape index (κ3) is 2.06. The fourth-order valence-electron chi connectivity index (χ4n) is 2.56. The predicted octanol–water partition coefficient (Wildman–Crippen LogP) is 5.53. The van der Waals surface area contributed by atoms with Gasteiger partial charge in [0, 0.05) is 16.5 Å². The van der Waals surface area contributed by atoms with Crippen LogP contribution in [0.5, 0.6) is 0 Å². The molecule has 0 N–H and O–H groups in total. The zero-order chi connectivity index (χ0) is 13.4. The first-order valence-electron chi connectivity index (χ1n) is 6.75. The number of rotatable bonds is 2. The van der Waals surface area contributed by atoms with Gasteiger partial charge in [-0.3, -0.25) is 0 Å². The molecule has 1 nitrogen and oxygen atoms in total. The number of hydrogen-bond acceptors (Lipinski definition) is 1. The first-order valence-corrected chi connectivity index (χ1v) is 6.75. The molecule has 0 aliphatic carbocycles. The summed E-state index contributed by atoms with van der Waals surface area (Å²) in [4.78, 5) is 0. The van der Waals surface area contributed by atoms with Crippen molar-refractivity contribution in [2.45, 2.75) is 26.7 Å². The van der Waals surface area contributed by atoms with Crippen LogP contribution in [0.15, 0.2) is 52.9 Å². The molecule has 0 radical (unpaired) electrons. The second-order valence-corrected chi connectivity index (χ2v) is 5.36. The monoisotopic (exact) mass is 250 g/mol. The summed E-state index contributed by atoms with van der Waals surface area (Å²) in [7, 11) is 0. The normalized spacial score (nSPS) is 11.4. The molecule has 0 spiro atoms. The number of para-hydroxylation sites is 1. The molecular weight excluding hydrogens is 232 g/mol. The molecule has 1 heterocycles. The smallest absolute Gasteiger partial charge is 0.138 e. The molecule has 19 heavy (non-hydrogen) atoms. The van der Waals surface area contributed by atoms with E-state index < -0.39 is 0 Å². The first kappa shape index (κ1) is 12.0. The highest BCUT2D eigenvalue weighted by Crippen LogP contribution is 2.37. The van der Waals surface area contributed by atoms with Crippen molar-refractivity contribution in [1.29, 1.82) is 0 Å². The lowest BCUT2D eigenvalue weighted by molar-refractivity contribution is 0.623. The van der Waals surface area contributed by atoms with Gasteiger partial charge in [-0.15, -0.1) is 0 Å². The van der Waals surface area contributed by atoms with Crippen molar-refractivity contribution >= 4 is 11.0 Å². The number of fused-ring (bicyclic) bond motifs is 1. The average Bonchev–Trinajstić information content (AvgIpc) is 2.78. The minimum absolute atomic E-state index is 0.444. The summed E-state index contributed by atoms with van der Waals surface area (Å²) in [5.41, 5.74) is 4.71. The van der Waals surface area contributed by atoms with Gasteiger partial charge >= 0.3 is 0 Å². The van der Waals surface area contributed by atoms with Crippen molar-refractivity contribution in [1.82, 2.24) is 0 Å². The Morgan fingerprint density at radius 3 is 2.26 bits per heavy atom. The van der Waals surface area contributed by atoms with E-state index in [1.165, 1.54) is 16.5 Å². The highest BCUT2D eigenvalue weighted by atomic mass is 16.3. The first-order chi connectivity index (χ1) is 9.16. The molecule has 0 unspecified atom stereocenters. The summed E-state index contributed by atoms with van der Waals surface area (Å²) < 4.78 is 6.09. The van der Waals surface area contributed by atoms with Gasteiger partial charge in [0.2, 0.25) is 0 Å². The second-order valence-electron chi connectivity index (χ2n) is 5.36. The Morgan fingerprint density at radius 1 is 0.895 bits per heavy atom. The van der Waals surface area contributed by atoms with Crippen LogP contribution in [0.3, 0.4) is 0 Å². The van der Waals surface area contributed by atoms with Crippen LogP contribution < -0.4 is 0 Å². The van der Waals surface area contributed by atoms with E-state index in [2.05, 4.69) is 57.2 Å². The van der Waals surface area contributed by atoms with Gasteiger partial charge in [-0.25, -0.2) is 0 Å². The SMILES string of the molecule is Cc1ccc(-c2oc3ccccc3c2C(C)C)cc1. The van der Waals surface area contributed by atoms with Gasteiger partial charge in [0.05, 0.1) is 0 Å². The molecule has 0 saturated heterocycles. The maximum Gasteiger partial charge on any atom is 0.138 e. The standard InChI is InChI=1S/C18H18O/c1-12(2)17-15-6-4-5-7-16(15)19-18(17)14-10-8-13(3)9-11-14/h4-12H,1-3H3. The van der Waals surface area contributed by atoms with Crippen LogP contribution in [0.4, 0.5) is 0 Å². The van der Waals surface area contributed by atoms with Crippen LogP contribution in [0, 0.1) is 6.92 Å². The van der Waals surface area contributed by atoms with Crippen LogP contribution in [-0.4, -0.2) is 0 Å². The van der Waals surface area contributed by atoms with Crippen molar-refractivity contribution in [2.75, 3.05) is 0 Å². The van der Waals surface area contributed by atoms with Crippen molar-refractivity contribution < 1.29 is 4.42 Å². The fraction of sp³-hybridized carbons (Fsp3) is 0.222. The molecule has 0 aliphatic rings. The van der Waals surface area contributed by atoms with E-state index in [9.17, 15) is 0 Å². The number of furan rings is 1.